The van der Waals surface area contributed by atoms with E-state index in [-0.39, 0.29) is 11.4 Å². The summed E-state index contributed by atoms with van der Waals surface area (Å²) in [6.45, 7) is 6.76. The van der Waals surface area contributed by atoms with Crippen LogP contribution >= 0.6 is 11.3 Å². The first-order chi connectivity index (χ1) is 14.5. The van der Waals surface area contributed by atoms with Crippen LogP contribution in [0.15, 0.2) is 11.4 Å². The number of thiophene rings is 1. The number of likely N-dealkylation sites (N-methyl/N-ethyl adjacent to an activating group) is 1. The standard InChI is InChI=1S/C19H28N2O2S.C2HF3O2/c1-14-6-8-24-17(14)18(22)21-12-19(13-21)9-16(5-7-20(19)2)11-23-10-15-3-4-15;3-2(4,5)1(6)7/h6,8,15-16H,3-5,7,9-13H2,1-2H3;(H,6,7). The summed E-state index contributed by atoms with van der Waals surface area (Å²) in [6, 6.07) is 2.04. The molecule has 3 fully saturated rings. The Morgan fingerprint density at radius 2 is 1.84 bits per heavy atom. The van der Waals surface area contributed by atoms with Gasteiger partial charge >= 0.3 is 12.1 Å². The third-order valence-electron chi connectivity index (χ3n) is 6.31. The molecule has 0 bridgehead atoms. The van der Waals surface area contributed by atoms with Crippen LogP contribution < -0.4 is 0 Å². The molecule has 1 aromatic heterocycles. The number of hydrogen-bond donors (Lipinski definition) is 1. The molecular weight excluding hydrogens is 433 g/mol. The fourth-order valence-electron chi connectivity index (χ4n) is 4.15. The van der Waals surface area contributed by atoms with Gasteiger partial charge in [-0.25, -0.2) is 4.79 Å². The van der Waals surface area contributed by atoms with E-state index in [4.69, 9.17) is 14.6 Å². The van der Waals surface area contributed by atoms with Crippen LogP contribution in [0.25, 0.3) is 0 Å². The number of ether oxygens (including phenoxy) is 1. The first kappa shape index (κ1) is 24.0. The molecule has 1 atom stereocenters. The molecule has 1 spiro atoms. The number of carbonyl (C=O) groups is 2. The topological polar surface area (TPSA) is 70.1 Å². The Labute approximate surface area is 184 Å². The summed E-state index contributed by atoms with van der Waals surface area (Å²) < 4.78 is 37.7. The number of aryl methyl sites for hydroxylation is 1. The highest BCUT2D eigenvalue weighted by Crippen LogP contribution is 2.39. The molecule has 31 heavy (non-hydrogen) atoms. The van der Waals surface area contributed by atoms with Gasteiger partial charge in [-0.05, 0) is 75.0 Å². The zero-order chi connectivity index (χ0) is 22.8. The fourth-order valence-corrected chi connectivity index (χ4v) is 5.04. The van der Waals surface area contributed by atoms with Crippen molar-refractivity contribution < 1.29 is 32.6 Å². The van der Waals surface area contributed by atoms with Gasteiger partial charge in [0.05, 0.1) is 10.4 Å². The normalized spacial score (nSPS) is 23.1. The van der Waals surface area contributed by atoms with Crippen molar-refractivity contribution in [2.75, 3.05) is 39.9 Å². The number of rotatable bonds is 5. The van der Waals surface area contributed by atoms with E-state index in [0.29, 0.717) is 5.92 Å². The minimum absolute atomic E-state index is 0.187. The van der Waals surface area contributed by atoms with Crippen molar-refractivity contribution >= 4 is 23.2 Å². The highest BCUT2D eigenvalue weighted by Gasteiger charge is 2.51. The summed E-state index contributed by atoms with van der Waals surface area (Å²) >= 11 is 1.57. The minimum Gasteiger partial charge on any atom is -0.475 e. The Morgan fingerprint density at radius 1 is 1.23 bits per heavy atom. The van der Waals surface area contributed by atoms with Crippen LogP contribution in [0.2, 0.25) is 0 Å². The maximum absolute atomic E-state index is 12.7. The third-order valence-corrected chi connectivity index (χ3v) is 7.32. The lowest BCUT2D eigenvalue weighted by Gasteiger charge is -2.58. The van der Waals surface area contributed by atoms with Gasteiger partial charge in [0.15, 0.2) is 0 Å². The van der Waals surface area contributed by atoms with E-state index in [0.717, 1.165) is 49.2 Å². The van der Waals surface area contributed by atoms with Crippen molar-refractivity contribution in [3.05, 3.63) is 21.9 Å². The highest BCUT2D eigenvalue weighted by atomic mass is 32.1. The van der Waals surface area contributed by atoms with Crippen LogP contribution in [0.5, 0.6) is 0 Å². The molecule has 0 aromatic carbocycles. The molecule has 4 rings (SSSR count). The molecule has 1 unspecified atom stereocenters. The predicted octanol–water partition coefficient (Wildman–Crippen LogP) is 3.65. The zero-order valence-electron chi connectivity index (χ0n) is 17.8. The molecule has 10 heteroatoms. The number of halogens is 3. The number of nitrogens with zero attached hydrogens (tertiary/aromatic N) is 2. The molecule has 174 valence electrons. The summed E-state index contributed by atoms with van der Waals surface area (Å²) in [7, 11) is 2.22. The Hall–Kier alpha value is -1.65. The quantitative estimate of drug-likeness (QED) is 0.724. The molecule has 1 N–H and O–H groups in total. The van der Waals surface area contributed by atoms with Gasteiger partial charge in [0.25, 0.3) is 5.91 Å². The Morgan fingerprint density at radius 3 is 2.35 bits per heavy atom. The van der Waals surface area contributed by atoms with Crippen LogP contribution in [0.4, 0.5) is 13.2 Å². The number of alkyl halides is 3. The SMILES string of the molecule is Cc1ccsc1C(=O)N1CC2(CC(COCC3CC3)CCN2C)C1.O=C(O)C(F)(F)F. The molecule has 3 heterocycles. The van der Waals surface area contributed by atoms with E-state index < -0.39 is 12.1 Å². The maximum atomic E-state index is 12.7. The number of carboxylic acid groups (broad SMARTS) is 1. The predicted molar refractivity (Wildman–Crippen MR) is 110 cm³/mol. The molecule has 1 saturated carbocycles. The van der Waals surface area contributed by atoms with Crippen molar-refractivity contribution in [1.29, 1.82) is 0 Å². The molecule has 1 amide bonds. The molecule has 0 radical (unpaired) electrons. The summed E-state index contributed by atoms with van der Waals surface area (Å²) in [4.78, 5) is 27.0. The Balaban J connectivity index is 0.000000339. The third kappa shape index (κ3) is 5.98. The minimum atomic E-state index is -5.08. The average Bonchev–Trinajstić information content (AvgIpc) is 3.39. The molecule has 2 saturated heterocycles. The summed E-state index contributed by atoms with van der Waals surface area (Å²) in [6.07, 6.45) is 0.0232. The fraction of sp³-hybridized carbons (Fsp3) is 0.714. The van der Waals surface area contributed by atoms with Crippen LogP contribution in [-0.2, 0) is 9.53 Å². The number of carboxylic acids is 1. The van der Waals surface area contributed by atoms with Gasteiger partial charge in [-0.3, -0.25) is 9.69 Å². The Kier molecular flexibility index (Phi) is 7.32. The van der Waals surface area contributed by atoms with E-state index in [9.17, 15) is 18.0 Å². The van der Waals surface area contributed by atoms with Gasteiger partial charge in [0, 0.05) is 26.3 Å². The van der Waals surface area contributed by atoms with Gasteiger partial charge in [-0.2, -0.15) is 13.2 Å². The first-order valence-electron chi connectivity index (χ1n) is 10.4. The van der Waals surface area contributed by atoms with Gasteiger partial charge in [0.1, 0.15) is 0 Å². The van der Waals surface area contributed by atoms with E-state index in [1.807, 2.05) is 23.3 Å². The van der Waals surface area contributed by atoms with Crippen LogP contribution in [0, 0.1) is 18.8 Å². The van der Waals surface area contributed by atoms with Crippen molar-refractivity contribution in [3.8, 4) is 0 Å². The maximum Gasteiger partial charge on any atom is 0.490 e. The van der Waals surface area contributed by atoms with Crippen molar-refractivity contribution in [1.82, 2.24) is 9.80 Å². The van der Waals surface area contributed by atoms with Crippen molar-refractivity contribution in [3.63, 3.8) is 0 Å². The zero-order valence-corrected chi connectivity index (χ0v) is 18.6. The van der Waals surface area contributed by atoms with Crippen LogP contribution in [-0.4, -0.2) is 78.4 Å². The molecular formula is C21H29F3N2O4S. The number of carbonyl (C=O) groups excluding carboxylic acids is 1. The van der Waals surface area contributed by atoms with Crippen molar-refractivity contribution in [2.24, 2.45) is 11.8 Å². The lowest BCUT2D eigenvalue weighted by atomic mass is 9.75. The first-order valence-corrected chi connectivity index (χ1v) is 11.3. The van der Waals surface area contributed by atoms with Crippen LogP contribution in [0.3, 0.4) is 0 Å². The number of likely N-dealkylation sites (tertiary alicyclic amines) is 2. The molecule has 3 aliphatic rings. The van der Waals surface area contributed by atoms with E-state index >= 15 is 0 Å². The van der Waals surface area contributed by atoms with Crippen molar-refractivity contribution in [2.45, 2.75) is 44.3 Å². The number of aliphatic carboxylic acids is 1. The van der Waals surface area contributed by atoms with Gasteiger partial charge in [-0.15, -0.1) is 11.3 Å². The number of hydrogen-bond acceptors (Lipinski definition) is 5. The average molecular weight is 463 g/mol. The lowest BCUT2D eigenvalue weighted by Crippen LogP contribution is -2.72. The smallest absolute Gasteiger partial charge is 0.475 e. The largest absolute Gasteiger partial charge is 0.490 e. The van der Waals surface area contributed by atoms with Gasteiger partial charge in [-0.1, -0.05) is 0 Å². The number of amides is 1. The second kappa shape index (κ2) is 9.46. The van der Waals surface area contributed by atoms with E-state index in [2.05, 4.69) is 11.9 Å². The molecule has 2 aliphatic heterocycles. The summed E-state index contributed by atoms with van der Waals surface area (Å²) in [5.74, 6) is -1.04. The second-order valence-electron chi connectivity index (χ2n) is 8.88. The van der Waals surface area contributed by atoms with Crippen LogP contribution in [0.1, 0.15) is 40.9 Å². The van der Waals surface area contributed by atoms with Gasteiger partial charge in [0.2, 0.25) is 0 Å². The van der Waals surface area contributed by atoms with E-state index in [1.54, 1.807) is 11.3 Å². The number of piperidine rings is 1. The monoisotopic (exact) mass is 462 g/mol. The highest BCUT2D eigenvalue weighted by molar-refractivity contribution is 7.12. The van der Waals surface area contributed by atoms with Gasteiger partial charge < -0.3 is 14.7 Å². The second-order valence-corrected chi connectivity index (χ2v) is 9.80. The van der Waals surface area contributed by atoms with E-state index in [1.165, 1.54) is 25.7 Å². The lowest BCUT2D eigenvalue weighted by molar-refractivity contribution is -0.192. The summed E-state index contributed by atoms with van der Waals surface area (Å²) in [5.41, 5.74) is 1.29. The molecule has 1 aromatic rings. The molecule has 1 aliphatic carbocycles. The Bertz CT molecular complexity index is 788. The molecule has 6 nitrogen and oxygen atoms in total. The summed E-state index contributed by atoms with van der Waals surface area (Å²) in [5, 5.41) is 9.14.